The molecular weight excluding hydrogens is 196 g/mol. The molecule has 1 atom stereocenters. The average molecular weight is 216 g/mol. The fourth-order valence-electron chi connectivity index (χ4n) is 1.24. The van der Waals surface area contributed by atoms with Crippen LogP contribution < -0.4 is 10.6 Å². The molecule has 0 aromatic carbocycles. The van der Waals surface area contributed by atoms with Crippen LogP contribution in [-0.2, 0) is 9.53 Å². The van der Waals surface area contributed by atoms with Crippen molar-refractivity contribution in [2.75, 3.05) is 32.9 Å². The van der Waals surface area contributed by atoms with Crippen LogP contribution in [0.3, 0.4) is 0 Å². The molecule has 3 N–H and O–H groups in total. The fourth-order valence-corrected chi connectivity index (χ4v) is 1.24. The van der Waals surface area contributed by atoms with E-state index in [0.717, 1.165) is 0 Å². The Labute approximate surface area is 90.2 Å². The number of amides is 1. The summed E-state index contributed by atoms with van der Waals surface area (Å²) in [5, 5.41) is 14.9. The molecule has 0 radical (unpaired) electrons. The summed E-state index contributed by atoms with van der Waals surface area (Å²) in [7, 11) is 0. The Morgan fingerprint density at radius 1 is 1.67 bits per heavy atom. The highest BCUT2D eigenvalue weighted by molar-refractivity contribution is 5.82. The van der Waals surface area contributed by atoms with E-state index >= 15 is 0 Å². The van der Waals surface area contributed by atoms with Gasteiger partial charge in [-0.15, -0.1) is 0 Å². The lowest BCUT2D eigenvalue weighted by Gasteiger charge is -2.26. The van der Waals surface area contributed by atoms with Gasteiger partial charge in [-0.1, -0.05) is 13.8 Å². The van der Waals surface area contributed by atoms with Crippen molar-refractivity contribution in [3.05, 3.63) is 0 Å². The molecule has 0 aromatic heterocycles. The van der Waals surface area contributed by atoms with E-state index in [0.29, 0.717) is 26.3 Å². The number of carbonyl (C=O) groups excluding carboxylic acids is 1. The van der Waals surface area contributed by atoms with Gasteiger partial charge in [-0.3, -0.25) is 4.79 Å². The van der Waals surface area contributed by atoms with Gasteiger partial charge in [0.2, 0.25) is 5.91 Å². The highest BCUT2D eigenvalue weighted by Crippen LogP contribution is 2.11. The van der Waals surface area contributed by atoms with E-state index in [1.54, 1.807) is 0 Å². The van der Waals surface area contributed by atoms with Gasteiger partial charge in [0.15, 0.2) is 0 Å². The highest BCUT2D eigenvalue weighted by Gasteiger charge is 2.23. The number of carbonyl (C=O) groups is 1. The number of aliphatic hydroxyl groups is 1. The largest absolute Gasteiger partial charge is 0.396 e. The Bertz CT molecular complexity index is 213. The second-order valence-electron chi connectivity index (χ2n) is 4.62. The lowest BCUT2D eigenvalue weighted by molar-refractivity contribution is -0.126. The van der Waals surface area contributed by atoms with E-state index in [1.165, 1.54) is 0 Å². The van der Waals surface area contributed by atoms with Gasteiger partial charge in [0.25, 0.3) is 0 Å². The third kappa shape index (κ3) is 4.15. The summed E-state index contributed by atoms with van der Waals surface area (Å²) in [6, 6.07) is -0.256. The number of aliphatic hydroxyl groups excluding tert-OH is 1. The van der Waals surface area contributed by atoms with Crippen LogP contribution in [0.2, 0.25) is 0 Å². The molecule has 1 saturated heterocycles. The number of nitrogens with one attached hydrogen (secondary N) is 2. The van der Waals surface area contributed by atoms with Crippen LogP contribution in [0.4, 0.5) is 0 Å². The van der Waals surface area contributed by atoms with Gasteiger partial charge in [-0.2, -0.15) is 0 Å². The minimum absolute atomic E-state index is 0.0574. The summed E-state index contributed by atoms with van der Waals surface area (Å²) < 4.78 is 5.19. The first-order valence-corrected chi connectivity index (χ1v) is 5.25. The van der Waals surface area contributed by atoms with Crippen LogP contribution in [0, 0.1) is 5.41 Å². The Morgan fingerprint density at radius 3 is 2.93 bits per heavy atom. The number of morpholine rings is 1. The SMILES string of the molecule is CC(C)(CO)CNC(=O)C1COCCN1. The number of ether oxygens (including phenoxy) is 1. The first-order valence-electron chi connectivity index (χ1n) is 5.25. The molecule has 0 saturated carbocycles. The molecule has 5 nitrogen and oxygen atoms in total. The van der Waals surface area contributed by atoms with Crippen LogP contribution in [-0.4, -0.2) is 50.0 Å². The third-order valence-electron chi connectivity index (χ3n) is 2.41. The lowest BCUT2D eigenvalue weighted by atomic mass is 9.95. The monoisotopic (exact) mass is 216 g/mol. The molecule has 0 aromatic rings. The molecule has 1 rings (SSSR count). The fraction of sp³-hybridized carbons (Fsp3) is 0.900. The van der Waals surface area contributed by atoms with Crippen molar-refractivity contribution in [1.82, 2.24) is 10.6 Å². The van der Waals surface area contributed by atoms with Gasteiger partial charge in [-0.25, -0.2) is 0 Å². The van der Waals surface area contributed by atoms with E-state index < -0.39 is 0 Å². The summed E-state index contributed by atoms with van der Waals surface area (Å²) in [6.45, 7) is 6.12. The molecule has 0 aliphatic carbocycles. The van der Waals surface area contributed by atoms with Crippen molar-refractivity contribution < 1.29 is 14.6 Å². The molecule has 1 aliphatic heterocycles. The molecule has 5 heteroatoms. The van der Waals surface area contributed by atoms with Crippen LogP contribution in [0.25, 0.3) is 0 Å². The third-order valence-corrected chi connectivity index (χ3v) is 2.41. The summed E-state index contributed by atoms with van der Waals surface area (Å²) in [5.41, 5.74) is -0.273. The summed E-state index contributed by atoms with van der Waals surface area (Å²) in [5.74, 6) is -0.0591. The van der Waals surface area contributed by atoms with Crippen molar-refractivity contribution in [3.8, 4) is 0 Å². The maximum absolute atomic E-state index is 11.6. The molecule has 1 aliphatic rings. The Hall–Kier alpha value is -0.650. The molecule has 0 spiro atoms. The van der Waals surface area contributed by atoms with Gasteiger partial charge >= 0.3 is 0 Å². The maximum Gasteiger partial charge on any atom is 0.239 e. The first kappa shape index (κ1) is 12.4. The summed E-state index contributed by atoms with van der Waals surface area (Å²) in [6.07, 6.45) is 0. The molecule has 88 valence electrons. The maximum atomic E-state index is 11.6. The van der Waals surface area contributed by atoms with Crippen molar-refractivity contribution in [2.45, 2.75) is 19.9 Å². The quantitative estimate of drug-likeness (QED) is 0.570. The predicted octanol–water partition coefficient (Wildman–Crippen LogP) is -0.890. The van der Waals surface area contributed by atoms with Crippen molar-refractivity contribution in [1.29, 1.82) is 0 Å². The van der Waals surface area contributed by atoms with Crippen molar-refractivity contribution >= 4 is 5.91 Å². The zero-order valence-corrected chi connectivity index (χ0v) is 9.38. The zero-order chi connectivity index (χ0) is 11.3. The zero-order valence-electron chi connectivity index (χ0n) is 9.38. The second kappa shape index (κ2) is 5.44. The average Bonchev–Trinajstić information content (AvgIpc) is 2.27. The van der Waals surface area contributed by atoms with Crippen LogP contribution >= 0.6 is 0 Å². The van der Waals surface area contributed by atoms with Gasteiger partial charge in [0, 0.05) is 25.1 Å². The highest BCUT2D eigenvalue weighted by atomic mass is 16.5. The van der Waals surface area contributed by atoms with Crippen LogP contribution in [0.15, 0.2) is 0 Å². The van der Waals surface area contributed by atoms with Gasteiger partial charge in [0.05, 0.1) is 13.2 Å². The van der Waals surface area contributed by atoms with Crippen LogP contribution in [0.5, 0.6) is 0 Å². The van der Waals surface area contributed by atoms with E-state index in [4.69, 9.17) is 9.84 Å². The molecule has 1 fully saturated rings. The Morgan fingerprint density at radius 2 is 2.40 bits per heavy atom. The molecular formula is C10H20N2O3. The molecule has 0 bridgehead atoms. The number of rotatable bonds is 4. The Kier molecular flexibility index (Phi) is 4.50. The van der Waals surface area contributed by atoms with Gasteiger partial charge < -0.3 is 20.5 Å². The standard InChI is InChI=1S/C10H20N2O3/c1-10(2,7-13)6-12-9(14)8-5-15-4-3-11-8/h8,11,13H,3-7H2,1-2H3,(H,12,14). The molecule has 15 heavy (non-hydrogen) atoms. The molecule has 1 unspecified atom stereocenters. The van der Waals surface area contributed by atoms with E-state index in [2.05, 4.69) is 10.6 Å². The van der Waals surface area contributed by atoms with E-state index in [9.17, 15) is 4.79 Å². The molecule has 1 heterocycles. The normalized spacial score (nSPS) is 22.5. The lowest BCUT2D eigenvalue weighted by Crippen LogP contribution is -2.52. The van der Waals surface area contributed by atoms with E-state index in [1.807, 2.05) is 13.8 Å². The minimum Gasteiger partial charge on any atom is -0.396 e. The summed E-state index contributed by atoms with van der Waals surface area (Å²) in [4.78, 5) is 11.6. The van der Waals surface area contributed by atoms with Gasteiger partial charge in [0.1, 0.15) is 6.04 Å². The summed E-state index contributed by atoms with van der Waals surface area (Å²) >= 11 is 0. The van der Waals surface area contributed by atoms with Gasteiger partial charge in [-0.05, 0) is 0 Å². The predicted molar refractivity (Wildman–Crippen MR) is 56.5 cm³/mol. The van der Waals surface area contributed by atoms with Crippen molar-refractivity contribution in [3.63, 3.8) is 0 Å². The van der Waals surface area contributed by atoms with E-state index in [-0.39, 0.29) is 24.0 Å². The smallest absolute Gasteiger partial charge is 0.239 e. The topological polar surface area (TPSA) is 70.6 Å². The van der Waals surface area contributed by atoms with Crippen LogP contribution in [0.1, 0.15) is 13.8 Å². The minimum atomic E-state index is -0.273. The number of hydrogen-bond donors (Lipinski definition) is 3. The second-order valence-corrected chi connectivity index (χ2v) is 4.62. The van der Waals surface area contributed by atoms with Crippen molar-refractivity contribution in [2.24, 2.45) is 5.41 Å². The Balaban J connectivity index is 2.28. The molecule has 1 amide bonds. The number of hydrogen-bond acceptors (Lipinski definition) is 4. The first-order chi connectivity index (χ1) is 7.05.